The number of ether oxygens (including phenoxy) is 2. The number of hydrogen-bond acceptors (Lipinski definition) is 15. The molecule has 4 aromatic heterocycles. The van der Waals surface area contributed by atoms with Crippen LogP contribution in [0.25, 0.3) is 22.2 Å². The van der Waals surface area contributed by atoms with Crippen molar-refractivity contribution in [2.24, 2.45) is 0 Å². The van der Waals surface area contributed by atoms with Crippen molar-refractivity contribution in [1.82, 2.24) is 29.1 Å². The first-order chi connectivity index (χ1) is 20.9. The summed E-state index contributed by atoms with van der Waals surface area (Å²) in [6.45, 7) is -8.70. The van der Waals surface area contributed by atoms with E-state index in [-0.39, 0.29) is 30.1 Å². The number of aliphatic hydroxyl groups is 1. The summed E-state index contributed by atoms with van der Waals surface area (Å²) < 4.78 is 38.2. The molecule has 0 amide bonds. The zero-order valence-electron chi connectivity index (χ0n) is 22.4. The molecule has 9 atom stereocenters. The molecule has 3 aliphatic rings. The van der Waals surface area contributed by atoms with E-state index in [1.807, 2.05) is 0 Å². The third-order valence-corrected chi connectivity index (χ3v) is 10.6. The minimum Gasteiger partial charge on any atom is -0.398 e. The molecular weight excluding hydrogens is 662 g/mol. The number of aliphatic hydroxyl groups excluding tert-OH is 1. The number of aromatic amines is 1. The number of H-pyrrole nitrogens is 1. The standard InChI is InChI=1S/C22H26N8O10P2S2/c23-11-1-3-25-17-10(11)2-4-29(17)21-15(31)16-13(38-21)7-36-41(33,43)39-12-5-9(6-35-42(34,44)40-16)37-20(12)30-8-26-14-18(30)27-22(24)28-19(14)32/h1-4,8-9,12-13,15-16,20-21,31H,5-7H2,(H2,23,25)(H,33,43)(H,34,44)(H3,24,27,28,32)/t9?,12-,13-,15-,16-,20?,21-,41?,42?/m1/s1. The summed E-state index contributed by atoms with van der Waals surface area (Å²) in [6, 6.07) is 3.36. The van der Waals surface area contributed by atoms with Crippen molar-refractivity contribution in [2.75, 3.05) is 24.7 Å². The van der Waals surface area contributed by atoms with Crippen LogP contribution in [0.4, 0.5) is 11.6 Å². The van der Waals surface area contributed by atoms with E-state index in [9.17, 15) is 19.7 Å². The number of hydrogen-bond donors (Lipinski definition) is 6. The lowest BCUT2D eigenvalue weighted by molar-refractivity contribution is -0.0602. The van der Waals surface area contributed by atoms with Gasteiger partial charge in [0.1, 0.15) is 30.1 Å². The third-order valence-electron chi connectivity index (χ3n) is 7.45. The summed E-state index contributed by atoms with van der Waals surface area (Å²) in [7, 11) is 0. The topological polar surface area (TPSA) is 249 Å². The molecule has 0 aliphatic carbocycles. The van der Waals surface area contributed by atoms with E-state index >= 15 is 0 Å². The Kier molecular flexibility index (Phi) is 7.65. The van der Waals surface area contributed by atoms with E-state index in [1.54, 1.807) is 22.9 Å². The van der Waals surface area contributed by atoms with Crippen molar-refractivity contribution >= 4 is 70.9 Å². The number of rotatable bonds is 2. The van der Waals surface area contributed by atoms with Crippen LogP contribution in [0.5, 0.6) is 0 Å². The van der Waals surface area contributed by atoms with Crippen LogP contribution in [-0.4, -0.2) is 87.7 Å². The Bertz CT molecular complexity index is 1910. The second kappa shape index (κ2) is 11.1. The Morgan fingerprint density at radius 2 is 1.75 bits per heavy atom. The van der Waals surface area contributed by atoms with Gasteiger partial charge in [-0.25, -0.2) is 9.97 Å². The van der Waals surface area contributed by atoms with Crippen LogP contribution in [-0.2, 0) is 51.2 Å². The number of anilines is 2. The number of pyridine rings is 1. The maximum Gasteiger partial charge on any atom is 0.325 e. The normalized spacial score (nSPS) is 36.6. The second-order valence-electron chi connectivity index (χ2n) is 10.3. The molecule has 2 bridgehead atoms. The molecule has 7 heterocycles. The van der Waals surface area contributed by atoms with Crippen molar-refractivity contribution in [1.29, 1.82) is 0 Å². The Hall–Kier alpha value is -2.42. The summed E-state index contributed by atoms with van der Waals surface area (Å²) in [6.07, 6.45) is -2.96. The Morgan fingerprint density at radius 3 is 2.57 bits per heavy atom. The van der Waals surface area contributed by atoms with Crippen LogP contribution >= 0.6 is 13.4 Å². The van der Waals surface area contributed by atoms with Crippen molar-refractivity contribution in [3.05, 3.63) is 41.2 Å². The summed E-state index contributed by atoms with van der Waals surface area (Å²) in [5.74, 6) is -0.144. The van der Waals surface area contributed by atoms with Crippen LogP contribution in [0, 0.1) is 0 Å². The number of nitrogen functional groups attached to an aromatic ring is 2. The first kappa shape index (κ1) is 30.2. The monoisotopic (exact) mass is 688 g/mol. The van der Waals surface area contributed by atoms with E-state index in [4.69, 9.17) is 62.6 Å². The molecule has 7 rings (SSSR count). The lowest BCUT2D eigenvalue weighted by atomic mass is 10.1. The predicted molar refractivity (Wildman–Crippen MR) is 160 cm³/mol. The van der Waals surface area contributed by atoms with E-state index in [0.29, 0.717) is 16.7 Å². The number of nitrogens with two attached hydrogens (primary N) is 2. The zero-order valence-corrected chi connectivity index (χ0v) is 25.8. The van der Waals surface area contributed by atoms with Crippen molar-refractivity contribution < 1.29 is 42.5 Å². The molecule has 0 spiro atoms. The molecule has 3 aliphatic heterocycles. The lowest BCUT2D eigenvalue weighted by Crippen LogP contribution is -2.36. The van der Waals surface area contributed by atoms with Gasteiger partial charge in [-0.15, -0.1) is 0 Å². The van der Waals surface area contributed by atoms with Crippen molar-refractivity contribution in [2.45, 2.75) is 49.4 Å². The van der Waals surface area contributed by atoms with Gasteiger partial charge in [0, 0.05) is 29.9 Å². The molecule has 0 radical (unpaired) electrons. The van der Waals surface area contributed by atoms with Gasteiger partial charge in [-0.05, 0) is 35.7 Å². The van der Waals surface area contributed by atoms with Crippen LogP contribution in [0.15, 0.2) is 35.6 Å². The highest BCUT2D eigenvalue weighted by Crippen LogP contribution is 2.54. The van der Waals surface area contributed by atoms with E-state index in [2.05, 4.69) is 19.9 Å². The largest absolute Gasteiger partial charge is 0.398 e. The Labute approximate surface area is 257 Å². The number of nitrogens with zero attached hydrogens (tertiary/aromatic N) is 5. The minimum absolute atomic E-state index is 0.000451. The molecule has 22 heteroatoms. The van der Waals surface area contributed by atoms with Crippen molar-refractivity contribution in [3.63, 3.8) is 0 Å². The molecular formula is C22H26N8O10P2S2. The molecule has 0 aromatic carbocycles. The fourth-order valence-electron chi connectivity index (χ4n) is 5.52. The highest BCUT2D eigenvalue weighted by molar-refractivity contribution is 8.07. The van der Waals surface area contributed by atoms with E-state index in [0.717, 1.165) is 0 Å². The zero-order chi connectivity index (χ0) is 31.0. The molecule has 18 nitrogen and oxygen atoms in total. The van der Waals surface area contributed by atoms with Gasteiger partial charge < -0.3 is 54.0 Å². The molecule has 236 valence electrons. The maximum absolute atomic E-state index is 12.3. The summed E-state index contributed by atoms with van der Waals surface area (Å²) in [4.78, 5) is 49.4. The number of fused-ring (bicyclic) bond motifs is 5. The van der Waals surface area contributed by atoms with Gasteiger partial charge in [0.15, 0.2) is 23.6 Å². The SMILES string of the molecule is Nc1nc2c(ncn2C2OC3COP(O)(=S)O[C@H]4[C@@H](O)[C@H](n5ccc6c(N)ccnc65)O[C@@H]4COP(O)(=S)O[C@@H]2C3)c(=O)[nH]1. The fourth-order valence-corrected chi connectivity index (χ4v) is 8.43. The quantitative estimate of drug-likeness (QED) is 0.153. The molecule has 4 unspecified atom stereocenters. The van der Waals surface area contributed by atoms with Gasteiger partial charge >= 0.3 is 13.4 Å². The van der Waals surface area contributed by atoms with Crippen LogP contribution in [0.1, 0.15) is 18.9 Å². The molecule has 3 saturated heterocycles. The van der Waals surface area contributed by atoms with Gasteiger partial charge in [-0.2, -0.15) is 4.98 Å². The van der Waals surface area contributed by atoms with E-state index < -0.39 is 68.6 Å². The predicted octanol–water partition coefficient (Wildman–Crippen LogP) is 0.130. The van der Waals surface area contributed by atoms with Crippen LogP contribution < -0.4 is 17.0 Å². The average molecular weight is 689 g/mol. The lowest BCUT2D eigenvalue weighted by Gasteiger charge is -2.28. The summed E-state index contributed by atoms with van der Waals surface area (Å²) in [5, 5.41) is 11.9. The highest BCUT2D eigenvalue weighted by Gasteiger charge is 2.50. The van der Waals surface area contributed by atoms with Gasteiger partial charge in [-0.3, -0.25) is 18.9 Å². The maximum atomic E-state index is 12.3. The third kappa shape index (κ3) is 5.49. The molecule has 4 aromatic rings. The molecule has 0 saturated carbocycles. The fraction of sp³-hybridized carbons (Fsp3) is 0.455. The van der Waals surface area contributed by atoms with Crippen LogP contribution in [0.3, 0.4) is 0 Å². The molecule has 44 heavy (non-hydrogen) atoms. The average Bonchev–Trinajstić information content (AvgIpc) is 3.72. The van der Waals surface area contributed by atoms with Gasteiger partial charge in [0.25, 0.3) is 5.56 Å². The smallest absolute Gasteiger partial charge is 0.325 e. The number of imidazole rings is 1. The highest BCUT2D eigenvalue weighted by atomic mass is 32.5. The summed E-state index contributed by atoms with van der Waals surface area (Å²) in [5.41, 5.74) is 12.3. The number of aromatic nitrogens is 6. The molecule has 3 fully saturated rings. The first-order valence-corrected chi connectivity index (χ1v) is 18.3. The van der Waals surface area contributed by atoms with Gasteiger partial charge in [0.05, 0.1) is 25.6 Å². The van der Waals surface area contributed by atoms with E-state index in [1.165, 1.54) is 17.1 Å². The molecule has 8 N–H and O–H groups in total. The Balaban J connectivity index is 1.19. The van der Waals surface area contributed by atoms with Crippen molar-refractivity contribution in [3.8, 4) is 0 Å². The first-order valence-electron chi connectivity index (χ1n) is 13.1. The number of nitrogens with one attached hydrogen (secondary N) is 1. The van der Waals surface area contributed by atoms with Gasteiger partial charge in [0.2, 0.25) is 5.95 Å². The minimum atomic E-state index is -4.02. The second-order valence-corrected chi connectivity index (χ2v) is 15.9. The van der Waals surface area contributed by atoms with Gasteiger partial charge in [-0.1, -0.05) is 0 Å². The Morgan fingerprint density at radius 1 is 0.977 bits per heavy atom. The summed E-state index contributed by atoms with van der Waals surface area (Å²) >= 11 is 10.6. The van der Waals surface area contributed by atoms with Crippen LogP contribution in [0.2, 0.25) is 0 Å².